The third kappa shape index (κ3) is 3.86. The smallest absolute Gasteiger partial charge is 0.275 e. The maximum atomic E-state index is 14.6. The van der Waals surface area contributed by atoms with E-state index in [4.69, 9.17) is 5.73 Å². The summed E-state index contributed by atoms with van der Waals surface area (Å²) < 4.78 is 28.5. The lowest BCUT2D eigenvalue weighted by Crippen LogP contribution is -2.46. The quantitative estimate of drug-likeness (QED) is 0.808. The van der Waals surface area contributed by atoms with Crippen molar-refractivity contribution in [3.63, 3.8) is 0 Å². The first-order valence-electron chi connectivity index (χ1n) is 8.69. The second-order valence-electron chi connectivity index (χ2n) is 6.39. The zero-order valence-corrected chi connectivity index (χ0v) is 16.5. The minimum atomic E-state index is -1.44. The minimum absolute atomic E-state index is 0.0804. The maximum absolute atomic E-state index is 14.6. The molecular weight excluding hydrogens is 383 g/mol. The molecule has 0 spiro atoms. The number of benzene rings is 1. The zero-order chi connectivity index (χ0) is 20.4. The average molecular weight is 404 g/mol. The first-order valence-corrected chi connectivity index (χ1v) is 9.86. The highest BCUT2D eigenvalue weighted by Gasteiger charge is 2.36. The molecule has 2 heterocycles. The van der Waals surface area contributed by atoms with E-state index in [-0.39, 0.29) is 17.2 Å². The van der Waals surface area contributed by atoms with E-state index < -0.39 is 34.0 Å². The molecule has 0 aliphatic carbocycles. The van der Waals surface area contributed by atoms with Crippen LogP contribution in [0.2, 0.25) is 0 Å². The zero-order valence-electron chi connectivity index (χ0n) is 15.7. The van der Waals surface area contributed by atoms with Crippen LogP contribution in [0.15, 0.2) is 35.6 Å². The van der Waals surface area contributed by atoms with E-state index in [9.17, 15) is 13.4 Å². The highest BCUT2D eigenvalue weighted by atomic mass is 32.2. The Morgan fingerprint density at radius 1 is 1.36 bits per heavy atom. The number of anilines is 1. The Kier molecular flexibility index (Phi) is 5.68. The van der Waals surface area contributed by atoms with Gasteiger partial charge in [-0.3, -0.25) is 14.1 Å². The number of amides is 1. The van der Waals surface area contributed by atoms with Gasteiger partial charge in [0, 0.05) is 24.5 Å². The predicted molar refractivity (Wildman–Crippen MR) is 105 cm³/mol. The lowest BCUT2D eigenvalue weighted by molar-refractivity contribution is 0.102. The number of hydrogen-bond acceptors (Lipinski definition) is 6. The van der Waals surface area contributed by atoms with Crippen LogP contribution in [-0.2, 0) is 11.0 Å². The van der Waals surface area contributed by atoms with Crippen LogP contribution < -0.4 is 11.1 Å². The van der Waals surface area contributed by atoms with Crippen LogP contribution in [0.5, 0.6) is 0 Å². The molecule has 3 unspecified atom stereocenters. The molecule has 0 saturated heterocycles. The summed E-state index contributed by atoms with van der Waals surface area (Å²) in [5, 5.41) is 2.24. The van der Waals surface area contributed by atoms with Gasteiger partial charge in [-0.1, -0.05) is 6.92 Å². The number of aromatic nitrogens is 2. The molecule has 8 nitrogen and oxygen atoms in total. The molecule has 0 saturated carbocycles. The van der Waals surface area contributed by atoms with Gasteiger partial charge in [0.1, 0.15) is 22.5 Å². The van der Waals surface area contributed by atoms with Crippen LogP contribution >= 0.6 is 0 Å². The van der Waals surface area contributed by atoms with E-state index >= 15 is 0 Å². The highest BCUT2D eigenvalue weighted by molar-refractivity contribution is 7.84. The molecule has 1 aliphatic heterocycles. The molecule has 0 radical (unpaired) electrons. The van der Waals surface area contributed by atoms with Gasteiger partial charge < -0.3 is 11.1 Å². The average Bonchev–Trinajstić information content (AvgIpc) is 2.68. The number of nitrogens with zero attached hydrogens (tertiary/aromatic N) is 4. The summed E-state index contributed by atoms with van der Waals surface area (Å²) in [7, 11) is 0.151. The maximum Gasteiger partial charge on any atom is 0.275 e. The molecule has 3 N–H and O–H groups in total. The van der Waals surface area contributed by atoms with Crippen LogP contribution in [-0.4, -0.2) is 42.6 Å². The predicted octanol–water partition coefficient (Wildman–Crippen LogP) is 1.92. The van der Waals surface area contributed by atoms with Crippen molar-refractivity contribution < 1.29 is 13.4 Å². The van der Waals surface area contributed by atoms with Crippen molar-refractivity contribution in [2.45, 2.75) is 31.6 Å². The van der Waals surface area contributed by atoms with Gasteiger partial charge in [-0.25, -0.2) is 18.6 Å². The van der Waals surface area contributed by atoms with E-state index in [1.807, 2.05) is 6.92 Å². The summed E-state index contributed by atoms with van der Waals surface area (Å²) in [4.78, 5) is 24.8. The molecule has 1 aromatic carbocycles. The van der Waals surface area contributed by atoms with Gasteiger partial charge >= 0.3 is 0 Å². The normalized spacial score (nSPS) is 21.9. The molecule has 1 aliphatic rings. The molecule has 1 aromatic heterocycles. The number of rotatable bonds is 4. The highest BCUT2D eigenvalue weighted by Crippen LogP contribution is 2.34. The summed E-state index contributed by atoms with van der Waals surface area (Å²) in [6, 6.07) is 3.46. The van der Waals surface area contributed by atoms with Gasteiger partial charge in [0.15, 0.2) is 0 Å². The Hall–Kier alpha value is -2.88. The number of aliphatic imine (C=N–C) groups is 1. The largest absolute Gasteiger partial charge is 0.369 e. The Morgan fingerprint density at radius 3 is 2.75 bits per heavy atom. The molecule has 148 valence electrons. The van der Waals surface area contributed by atoms with Crippen LogP contribution in [0.3, 0.4) is 0 Å². The molecule has 3 rings (SSSR count). The van der Waals surface area contributed by atoms with Crippen LogP contribution in [0.4, 0.5) is 10.1 Å². The second-order valence-corrected chi connectivity index (χ2v) is 8.09. The molecule has 1 amide bonds. The molecule has 3 atom stereocenters. The number of carbonyl (C=O) groups is 1. The number of halogens is 1. The number of hydrogen-bond donors (Lipinski definition) is 2. The molecular formula is C18H21FN6O2S. The fourth-order valence-electron chi connectivity index (χ4n) is 2.90. The number of aryl methyl sites for hydroxylation is 1. The Morgan fingerprint density at radius 2 is 2.11 bits per heavy atom. The van der Waals surface area contributed by atoms with Crippen molar-refractivity contribution in [2.75, 3.05) is 12.4 Å². The topological polar surface area (TPSA) is 114 Å². The van der Waals surface area contributed by atoms with Crippen molar-refractivity contribution in [3.05, 3.63) is 53.4 Å². The summed E-state index contributed by atoms with van der Waals surface area (Å²) in [5.74, 6) is -0.890. The molecule has 10 heteroatoms. The molecule has 0 bridgehead atoms. The Balaban J connectivity index is 1.92. The SMILES string of the molecule is CCC1C(c2cc(NC(=O)c3cnc(C)cn3)ccc2F)N=C(N)N(C)S1=O. The molecule has 28 heavy (non-hydrogen) atoms. The van der Waals surface area contributed by atoms with Crippen LogP contribution in [0, 0.1) is 12.7 Å². The van der Waals surface area contributed by atoms with Crippen molar-refractivity contribution in [1.82, 2.24) is 14.3 Å². The van der Waals surface area contributed by atoms with Crippen molar-refractivity contribution in [2.24, 2.45) is 10.7 Å². The van der Waals surface area contributed by atoms with E-state index in [2.05, 4.69) is 20.3 Å². The van der Waals surface area contributed by atoms with Crippen molar-refractivity contribution in [1.29, 1.82) is 0 Å². The fourth-order valence-corrected chi connectivity index (χ4v) is 4.25. The third-order valence-corrected chi connectivity index (χ3v) is 6.30. The summed E-state index contributed by atoms with van der Waals surface area (Å²) in [5.41, 5.74) is 7.28. The van der Waals surface area contributed by atoms with Crippen molar-refractivity contribution in [3.8, 4) is 0 Å². The van der Waals surface area contributed by atoms with Gasteiger partial charge in [-0.15, -0.1) is 0 Å². The first kappa shape index (κ1) is 19.9. The lowest BCUT2D eigenvalue weighted by Gasteiger charge is -2.33. The summed E-state index contributed by atoms with van der Waals surface area (Å²) >= 11 is 0. The Bertz CT molecular complexity index is 950. The van der Waals surface area contributed by atoms with E-state index in [1.165, 1.54) is 34.9 Å². The molecule has 2 aromatic rings. The molecule has 0 fully saturated rings. The summed E-state index contributed by atoms with van der Waals surface area (Å²) in [6.07, 6.45) is 3.38. The standard InChI is InChI=1S/C18H21FN6O2S/c1-4-15-16(24-18(20)25(3)28(15)27)12-7-11(5-6-13(12)19)23-17(26)14-9-21-10(2)8-22-14/h5-9,15-16H,4H2,1-3H3,(H2,20,24)(H,23,26). The van der Waals surface area contributed by atoms with Crippen LogP contribution in [0.1, 0.15) is 41.1 Å². The first-order chi connectivity index (χ1) is 13.3. The fraction of sp³-hybridized carbons (Fsp3) is 0.333. The van der Waals surface area contributed by atoms with Gasteiger partial charge in [0.2, 0.25) is 5.96 Å². The number of nitrogens with one attached hydrogen (secondary N) is 1. The number of carbonyl (C=O) groups excluding carboxylic acids is 1. The second kappa shape index (κ2) is 8.01. The van der Waals surface area contributed by atoms with Gasteiger partial charge in [0.05, 0.1) is 23.2 Å². The van der Waals surface area contributed by atoms with E-state index in [1.54, 1.807) is 14.0 Å². The number of nitrogens with two attached hydrogens (primary N) is 1. The third-order valence-electron chi connectivity index (χ3n) is 4.46. The van der Waals surface area contributed by atoms with E-state index in [0.717, 1.165) is 0 Å². The van der Waals surface area contributed by atoms with Gasteiger partial charge in [-0.05, 0) is 31.5 Å². The van der Waals surface area contributed by atoms with E-state index in [0.29, 0.717) is 17.8 Å². The minimum Gasteiger partial charge on any atom is -0.369 e. The summed E-state index contributed by atoms with van der Waals surface area (Å²) in [6.45, 7) is 3.63. The number of guanidine groups is 1. The monoisotopic (exact) mass is 404 g/mol. The van der Waals surface area contributed by atoms with Crippen molar-refractivity contribution >= 4 is 28.5 Å². The van der Waals surface area contributed by atoms with Gasteiger partial charge in [0.25, 0.3) is 5.91 Å². The lowest BCUT2D eigenvalue weighted by atomic mass is 10.0. The van der Waals surface area contributed by atoms with Gasteiger partial charge in [-0.2, -0.15) is 0 Å². The Labute approximate surface area is 164 Å². The van der Waals surface area contributed by atoms with Crippen LogP contribution in [0.25, 0.3) is 0 Å².